The van der Waals surface area contributed by atoms with Gasteiger partial charge in [0.25, 0.3) is 0 Å². The molecule has 1 N–H and O–H groups in total. The zero-order valence-corrected chi connectivity index (χ0v) is 17.4. The first-order chi connectivity index (χ1) is 14.1. The van der Waals surface area contributed by atoms with E-state index in [0.717, 1.165) is 27.7 Å². The second-order valence-corrected chi connectivity index (χ2v) is 8.72. The number of hydrogen-bond acceptors (Lipinski definition) is 4. The van der Waals surface area contributed by atoms with Crippen LogP contribution in [-0.4, -0.2) is 25.0 Å². The Hall–Kier alpha value is -3.12. The normalized spacial score (nSPS) is 12.7. The Kier molecular flexibility index (Phi) is 4.36. The van der Waals surface area contributed by atoms with Gasteiger partial charge < -0.3 is 0 Å². The molecule has 144 valence electrons. The fourth-order valence-corrected chi connectivity index (χ4v) is 5.09. The molecule has 0 bridgehead atoms. The van der Waals surface area contributed by atoms with Crippen molar-refractivity contribution in [2.24, 2.45) is 7.05 Å². The van der Waals surface area contributed by atoms with Gasteiger partial charge in [0.1, 0.15) is 5.69 Å². The molecule has 5 aromatic rings. The number of benzene rings is 2. The van der Waals surface area contributed by atoms with E-state index < -0.39 is 0 Å². The lowest BCUT2D eigenvalue weighted by Gasteiger charge is -2.17. The number of aromatic nitrogens is 5. The second-order valence-electron chi connectivity index (χ2n) is 7.31. The Bertz CT molecular complexity index is 1330. The molecule has 0 amide bonds. The van der Waals surface area contributed by atoms with Crippen LogP contribution in [0.2, 0.25) is 0 Å². The molecule has 0 aliphatic heterocycles. The van der Waals surface area contributed by atoms with Crippen molar-refractivity contribution in [3.8, 4) is 11.3 Å². The Labute approximate surface area is 173 Å². The molecule has 0 saturated carbocycles. The highest BCUT2D eigenvalue weighted by molar-refractivity contribution is 7.99. The van der Waals surface area contributed by atoms with Crippen LogP contribution < -0.4 is 0 Å². The molecule has 0 fully saturated rings. The van der Waals surface area contributed by atoms with Crippen molar-refractivity contribution >= 4 is 33.6 Å². The third-order valence-corrected chi connectivity index (χ3v) is 6.39. The molecule has 29 heavy (non-hydrogen) atoms. The van der Waals surface area contributed by atoms with Gasteiger partial charge in [0, 0.05) is 45.9 Å². The van der Waals surface area contributed by atoms with Crippen LogP contribution >= 0.6 is 11.8 Å². The summed E-state index contributed by atoms with van der Waals surface area (Å²) in [6.45, 7) is 4.44. The maximum absolute atomic E-state index is 4.52. The van der Waals surface area contributed by atoms with Crippen LogP contribution in [-0.2, 0) is 7.05 Å². The SMILES string of the molecule is Cc1ccc2ncccc2c1C(C)Sc1ccc2[nH]nc(-c3cnn(C)c3)c2c1. The van der Waals surface area contributed by atoms with E-state index in [-0.39, 0.29) is 0 Å². The number of fused-ring (bicyclic) bond motifs is 2. The quantitative estimate of drug-likeness (QED) is 0.395. The van der Waals surface area contributed by atoms with Crippen molar-refractivity contribution in [2.75, 3.05) is 0 Å². The highest BCUT2D eigenvalue weighted by atomic mass is 32.2. The second kappa shape index (κ2) is 7.04. The van der Waals surface area contributed by atoms with Crippen LogP contribution in [0.5, 0.6) is 0 Å². The van der Waals surface area contributed by atoms with Gasteiger partial charge >= 0.3 is 0 Å². The van der Waals surface area contributed by atoms with Crippen LogP contribution in [0.15, 0.2) is 66.0 Å². The number of H-pyrrole nitrogens is 1. The monoisotopic (exact) mass is 399 g/mol. The van der Waals surface area contributed by atoms with Crippen molar-refractivity contribution in [3.63, 3.8) is 0 Å². The first-order valence-electron chi connectivity index (χ1n) is 9.58. The molecule has 0 aliphatic rings. The van der Waals surface area contributed by atoms with Gasteiger partial charge in [-0.15, -0.1) is 11.8 Å². The van der Waals surface area contributed by atoms with Gasteiger partial charge in [-0.05, 0) is 55.3 Å². The molecular formula is C23H21N5S. The predicted octanol–water partition coefficient (Wildman–Crippen LogP) is 5.67. The number of pyridine rings is 1. The molecule has 0 saturated heterocycles. The standard InChI is InChI=1S/C23H21N5S/c1-14-6-8-20-18(5-4-10-24-20)22(14)15(2)29-17-7-9-21-19(11-17)23(27-26-21)16-12-25-28(3)13-16/h4-13,15H,1-3H3,(H,26,27). The van der Waals surface area contributed by atoms with E-state index in [1.165, 1.54) is 21.4 Å². The van der Waals surface area contributed by atoms with Gasteiger partial charge in [-0.1, -0.05) is 12.1 Å². The molecule has 3 aromatic heterocycles. The van der Waals surface area contributed by atoms with E-state index in [2.05, 4.69) is 70.5 Å². The Morgan fingerprint density at radius 2 is 2.00 bits per heavy atom. The van der Waals surface area contributed by atoms with Gasteiger partial charge in [-0.3, -0.25) is 14.8 Å². The molecule has 1 unspecified atom stereocenters. The number of aryl methyl sites for hydroxylation is 2. The van der Waals surface area contributed by atoms with Gasteiger partial charge in [-0.25, -0.2) is 0 Å². The van der Waals surface area contributed by atoms with Gasteiger partial charge in [-0.2, -0.15) is 10.2 Å². The van der Waals surface area contributed by atoms with E-state index in [1.54, 1.807) is 4.68 Å². The third-order valence-electron chi connectivity index (χ3n) is 5.28. The zero-order chi connectivity index (χ0) is 20.0. The smallest absolute Gasteiger partial charge is 0.103 e. The first-order valence-corrected chi connectivity index (χ1v) is 10.5. The highest BCUT2D eigenvalue weighted by Crippen LogP contribution is 2.40. The molecule has 6 heteroatoms. The number of rotatable bonds is 4. The van der Waals surface area contributed by atoms with Crippen molar-refractivity contribution in [3.05, 3.63) is 72.2 Å². The summed E-state index contributed by atoms with van der Waals surface area (Å²) in [5.41, 5.74) is 6.68. The summed E-state index contributed by atoms with van der Waals surface area (Å²) >= 11 is 1.86. The summed E-state index contributed by atoms with van der Waals surface area (Å²) in [5.74, 6) is 0. The van der Waals surface area contributed by atoms with Crippen LogP contribution in [0.4, 0.5) is 0 Å². The molecule has 0 radical (unpaired) electrons. The summed E-state index contributed by atoms with van der Waals surface area (Å²) in [5, 5.41) is 14.6. The minimum absolute atomic E-state index is 0.300. The first kappa shape index (κ1) is 17.9. The lowest BCUT2D eigenvalue weighted by atomic mass is 10.0. The topological polar surface area (TPSA) is 59.4 Å². The van der Waals surface area contributed by atoms with Crippen molar-refractivity contribution in [2.45, 2.75) is 24.0 Å². The fraction of sp³-hybridized carbons (Fsp3) is 0.174. The average molecular weight is 400 g/mol. The molecular weight excluding hydrogens is 378 g/mol. The summed E-state index contributed by atoms with van der Waals surface area (Å²) < 4.78 is 1.80. The van der Waals surface area contributed by atoms with Gasteiger partial charge in [0.15, 0.2) is 0 Å². The number of hydrogen-bond donors (Lipinski definition) is 1. The minimum atomic E-state index is 0.300. The summed E-state index contributed by atoms with van der Waals surface area (Å²) in [6.07, 6.45) is 5.70. The number of nitrogens with zero attached hydrogens (tertiary/aromatic N) is 4. The molecule has 5 rings (SSSR count). The predicted molar refractivity (Wildman–Crippen MR) is 119 cm³/mol. The number of thioether (sulfide) groups is 1. The minimum Gasteiger partial charge on any atom is -0.277 e. The average Bonchev–Trinajstić information content (AvgIpc) is 3.33. The van der Waals surface area contributed by atoms with E-state index in [1.807, 2.05) is 43.5 Å². The molecule has 2 aromatic carbocycles. The molecule has 0 spiro atoms. The van der Waals surface area contributed by atoms with E-state index in [4.69, 9.17) is 0 Å². The Morgan fingerprint density at radius 1 is 1.10 bits per heavy atom. The lowest BCUT2D eigenvalue weighted by Crippen LogP contribution is -1.95. The van der Waals surface area contributed by atoms with Crippen LogP contribution in [0, 0.1) is 6.92 Å². The van der Waals surface area contributed by atoms with E-state index in [0.29, 0.717) is 5.25 Å². The van der Waals surface area contributed by atoms with Crippen molar-refractivity contribution < 1.29 is 0 Å². The Balaban J connectivity index is 1.53. The summed E-state index contributed by atoms with van der Waals surface area (Å²) in [4.78, 5) is 5.74. The largest absolute Gasteiger partial charge is 0.277 e. The van der Waals surface area contributed by atoms with E-state index in [9.17, 15) is 0 Å². The number of aromatic amines is 1. The highest BCUT2D eigenvalue weighted by Gasteiger charge is 2.16. The zero-order valence-electron chi connectivity index (χ0n) is 16.5. The maximum Gasteiger partial charge on any atom is 0.103 e. The van der Waals surface area contributed by atoms with Gasteiger partial charge in [0.05, 0.1) is 17.2 Å². The summed E-state index contributed by atoms with van der Waals surface area (Å²) in [7, 11) is 1.92. The Morgan fingerprint density at radius 3 is 2.83 bits per heavy atom. The molecule has 0 aliphatic carbocycles. The van der Waals surface area contributed by atoms with Crippen molar-refractivity contribution in [1.29, 1.82) is 0 Å². The van der Waals surface area contributed by atoms with Crippen LogP contribution in [0.1, 0.15) is 23.3 Å². The van der Waals surface area contributed by atoms with Crippen LogP contribution in [0.3, 0.4) is 0 Å². The van der Waals surface area contributed by atoms with Gasteiger partial charge in [0.2, 0.25) is 0 Å². The van der Waals surface area contributed by atoms with E-state index >= 15 is 0 Å². The molecule has 5 nitrogen and oxygen atoms in total. The lowest BCUT2D eigenvalue weighted by molar-refractivity contribution is 0.768. The van der Waals surface area contributed by atoms with Crippen LogP contribution in [0.25, 0.3) is 33.1 Å². The van der Waals surface area contributed by atoms with Crippen molar-refractivity contribution in [1.82, 2.24) is 25.0 Å². The maximum atomic E-state index is 4.52. The third kappa shape index (κ3) is 3.19. The molecule has 3 heterocycles. The summed E-state index contributed by atoms with van der Waals surface area (Å²) in [6, 6.07) is 14.9. The number of nitrogens with one attached hydrogen (secondary N) is 1. The molecule has 1 atom stereocenters. The fourth-order valence-electron chi connectivity index (χ4n) is 3.92.